The topological polar surface area (TPSA) is 72.5 Å². The van der Waals surface area contributed by atoms with E-state index in [2.05, 4.69) is 27.8 Å². The number of rotatable bonds is 9. The van der Waals surface area contributed by atoms with Crippen LogP contribution in [0.25, 0.3) is 0 Å². The first-order chi connectivity index (χ1) is 14.2. The maximum absolute atomic E-state index is 12.2. The highest BCUT2D eigenvalue weighted by Gasteiger charge is 2.05. The summed E-state index contributed by atoms with van der Waals surface area (Å²) in [5.74, 6) is 2.05. The van der Waals surface area contributed by atoms with Crippen LogP contribution in [0.5, 0.6) is 11.5 Å². The predicted octanol–water partition coefficient (Wildman–Crippen LogP) is 3.93. The van der Waals surface area contributed by atoms with Crippen LogP contribution in [-0.2, 0) is 17.6 Å². The van der Waals surface area contributed by atoms with E-state index in [0.29, 0.717) is 5.82 Å². The number of nitrogens with one attached hydrogen (secondary N) is 2. The Labute approximate surface area is 170 Å². The molecule has 6 nitrogen and oxygen atoms in total. The molecule has 0 saturated carbocycles. The smallest absolute Gasteiger partial charge is 0.229 e. The Balaban J connectivity index is 1.44. The molecule has 0 spiro atoms. The van der Waals surface area contributed by atoms with E-state index in [1.807, 2.05) is 42.5 Å². The Morgan fingerprint density at radius 3 is 2.03 bits per heavy atom. The molecule has 0 fully saturated rings. The lowest BCUT2D eigenvalue weighted by Gasteiger charge is -2.09. The first-order valence-electron chi connectivity index (χ1n) is 9.42. The standard InChI is InChI=1S/C23H25N3O3/c1-28-20-8-3-17(4-9-20)13-14-24-19-7-12-22(25-16-19)26-23(27)15-18-5-10-21(29-2)11-6-18/h3-12,16,24H,13-15H2,1-2H3,(H,25,26,27). The molecule has 0 aliphatic heterocycles. The third kappa shape index (κ3) is 6.24. The first kappa shape index (κ1) is 20.2. The lowest BCUT2D eigenvalue weighted by Crippen LogP contribution is -2.15. The molecule has 0 atom stereocenters. The molecular weight excluding hydrogens is 366 g/mol. The monoisotopic (exact) mass is 391 g/mol. The van der Waals surface area contributed by atoms with Crippen molar-refractivity contribution in [3.63, 3.8) is 0 Å². The fourth-order valence-electron chi connectivity index (χ4n) is 2.83. The molecule has 1 heterocycles. The average molecular weight is 391 g/mol. The van der Waals surface area contributed by atoms with Gasteiger partial charge in [0.15, 0.2) is 0 Å². The Kier molecular flexibility index (Phi) is 7.05. The van der Waals surface area contributed by atoms with Gasteiger partial charge < -0.3 is 20.1 Å². The molecule has 6 heteroatoms. The summed E-state index contributed by atoms with van der Waals surface area (Å²) in [7, 11) is 3.28. The minimum absolute atomic E-state index is 0.108. The number of hydrogen-bond acceptors (Lipinski definition) is 5. The molecule has 1 amide bonds. The third-order valence-corrected chi connectivity index (χ3v) is 4.46. The zero-order valence-corrected chi connectivity index (χ0v) is 16.6. The fraction of sp³-hybridized carbons (Fsp3) is 0.217. The number of aromatic nitrogens is 1. The zero-order chi connectivity index (χ0) is 20.5. The van der Waals surface area contributed by atoms with Crippen molar-refractivity contribution in [2.24, 2.45) is 0 Å². The predicted molar refractivity (Wildman–Crippen MR) is 115 cm³/mol. The highest BCUT2D eigenvalue weighted by Crippen LogP contribution is 2.14. The van der Waals surface area contributed by atoms with Crippen molar-refractivity contribution in [3.05, 3.63) is 78.0 Å². The second-order valence-electron chi connectivity index (χ2n) is 6.53. The van der Waals surface area contributed by atoms with Gasteiger partial charge in [-0.1, -0.05) is 24.3 Å². The SMILES string of the molecule is COc1ccc(CCNc2ccc(NC(=O)Cc3ccc(OC)cc3)nc2)cc1. The summed E-state index contributed by atoms with van der Waals surface area (Å²) in [6.45, 7) is 0.789. The number of benzene rings is 2. The van der Waals surface area contributed by atoms with Gasteiger partial charge in [-0.15, -0.1) is 0 Å². The zero-order valence-electron chi connectivity index (χ0n) is 16.6. The van der Waals surface area contributed by atoms with E-state index in [9.17, 15) is 4.79 Å². The van der Waals surface area contributed by atoms with Crippen molar-refractivity contribution in [2.75, 3.05) is 31.4 Å². The first-order valence-corrected chi connectivity index (χ1v) is 9.42. The molecule has 0 unspecified atom stereocenters. The van der Waals surface area contributed by atoms with Crippen LogP contribution < -0.4 is 20.1 Å². The number of amides is 1. The van der Waals surface area contributed by atoms with Crippen molar-refractivity contribution < 1.29 is 14.3 Å². The summed E-state index contributed by atoms with van der Waals surface area (Å²) in [5, 5.41) is 6.15. The largest absolute Gasteiger partial charge is 0.497 e. The van der Waals surface area contributed by atoms with Crippen LogP contribution in [0.2, 0.25) is 0 Å². The van der Waals surface area contributed by atoms with Crippen molar-refractivity contribution in [1.82, 2.24) is 4.98 Å². The Bertz CT molecular complexity index is 908. The van der Waals surface area contributed by atoms with Gasteiger partial charge in [0.25, 0.3) is 0 Å². The van der Waals surface area contributed by atoms with Crippen molar-refractivity contribution in [2.45, 2.75) is 12.8 Å². The quantitative estimate of drug-likeness (QED) is 0.578. The van der Waals surface area contributed by atoms with Gasteiger partial charge in [-0.05, 0) is 53.9 Å². The number of ether oxygens (including phenoxy) is 2. The summed E-state index contributed by atoms with van der Waals surface area (Å²) >= 11 is 0. The van der Waals surface area contributed by atoms with Gasteiger partial charge in [0.05, 0.1) is 32.5 Å². The van der Waals surface area contributed by atoms with Gasteiger partial charge >= 0.3 is 0 Å². The number of carbonyl (C=O) groups excluding carboxylic acids is 1. The van der Waals surface area contributed by atoms with E-state index in [4.69, 9.17) is 9.47 Å². The fourth-order valence-corrected chi connectivity index (χ4v) is 2.83. The molecule has 3 rings (SSSR count). The van der Waals surface area contributed by atoms with Crippen LogP contribution in [0.4, 0.5) is 11.5 Å². The van der Waals surface area contributed by atoms with Crippen LogP contribution in [0.15, 0.2) is 66.9 Å². The Morgan fingerprint density at radius 2 is 1.48 bits per heavy atom. The minimum atomic E-state index is -0.108. The summed E-state index contributed by atoms with van der Waals surface area (Å²) in [5.41, 5.74) is 3.06. The number of hydrogen-bond donors (Lipinski definition) is 2. The molecule has 150 valence electrons. The highest BCUT2D eigenvalue weighted by molar-refractivity contribution is 5.91. The molecule has 1 aromatic heterocycles. The van der Waals surface area contributed by atoms with E-state index in [1.54, 1.807) is 26.5 Å². The van der Waals surface area contributed by atoms with Gasteiger partial charge in [-0.25, -0.2) is 4.98 Å². The van der Waals surface area contributed by atoms with Gasteiger partial charge in [-0.2, -0.15) is 0 Å². The molecule has 2 aromatic carbocycles. The molecule has 0 radical (unpaired) electrons. The van der Waals surface area contributed by atoms with E-state index in [0.717, 1.165) is 35.7 Å². The molecule has 3 aromatic rings. The van der Waals surface area contributed by atoms with Crippen molar-refractivity contribution in [3.8, 4) is 11.5 Å². The highest BCUT2D eigenvalue weighted by atomic mass is 16.5. The summed E-state index contributed by atoms with van der Waals surface area (Å²) < 4.78 is 10.3. The number of carbonyl (C=O) groups is 1. The normalized spacial score (nSPS) is 10.3. The van der Waals surface area contributed by atoms with E-state index < -0.39 is 0 Å². The summed E-state index contributed by atoms with van der Waals surface area (Å²) in [4.78, 5) is 16.5. The van der Waals surface area contributed by atoms with Crippen LogP contribution in [0.3, 0.4) is 0 Å². The average Bonchev–Trinajstić information content (AvgIpc) is 2.76. The van der Waals surface area contributed by atoms with Gasteiger partial charge in [0, 0.05) is 6.54 Å². The number of pyridine rings is 1. The van der Waals surface area contributed by atoms with Crippen LogP contribution >= 0.6 is 0 Å². The van der Waals surface area contributed by atoms with Crippen molar-refractivity contribution >= 4 is 17.4 Å². The molecule has 0 aliphatic carbocycles. The van der Waals surface area contributed by atoms with Crippen LogP contribution in [0, 0.1) is 0 Å². The van der Waals surface area contributed by atoms with Crippen molar-refractivity contribution in [1.29, 1.82) is 0 Å². The molecule has 29 heavy (non-hydrogen) atoms. The third-order valence-electron chi connectivity index (χ3n) is 4.46. The summed E-state index contributed by atoms with van der Waals surface area (Å²) in [6, 6.07) is 19.2. The molecule has 0 bridgehead atoms. The van der Waals surface area contributed by atoms with E-state index >= 15 is 0 Å². The maximum Gasteiger partial charge on any atom is 0.229 e. The molecular formula is C23H25N3O3. The number of methoxy groups -OCH3 is 2. The van der Waals surface area contributed by atoms with E-state index in [-0.39, 0.29) is 12.3 Å². The Hall–Kier alpha value is -3.54. The molecule has 2 N–H and O–H groups in total. The maximum atomic E-state index is 12.2. The number of anilines is 2. The van der Waals surface area contributed by atoms with Crippen LogP contribution in [0.1, 0.15) is 11.1 Å². The second kappa shape index (κ2) is 10.1. The molecule has 0 aliphatic rings. The summed E-state index contributed by atoms with van der Waals surface area (Å²) in [6.07, 6.45) is 2.90. The van der Waals surface area contributed by atoms with E-state index in [1.165, 1.54) is 5.56 Å². The number of nitrogens with zero attached hydrogens (tertiary/aromatic N) is 1. The second-order valence-corrected chi connectivity index (χ2v) is 6.53. The van der Waals surface area contributed by atoms with Gasteiger partial charge in [-0.3, -0.25) is 4.79 Å². The minimum Gasteiger partial charge on any atom is -0.497 e. The molecule has 0 saturated heterocycles. The van der Waals surface area contributed by atoms with Gasteiger partial charge in [0.1, 0.15) is 17.3 Å². The van der Waals surface area contributed by atoms with Gasteiger partial charge in [0.2, 0.25) is 5.91 Å². The Morgan fingerprint density at radius 1 is 0.862 bits per heavy atom. The van der Waals surface area contributed by atoms with Crippen LogP contribution in [-0.4, -0.2) is 31.7 Å². The lowest BCUT2D eigenvalue weighted by atomic mass is 10.1. The lowest BCUT2D eigenvalue weighted by molar-refractivity contribution is -0.115.